The first kappa shape index (κ1) is 13.0. The second-order valence-electron chi connectivity index (χ2n) is 5.41. The molecule has 1 saturated heterocycles. The van der Waals surface area contributed by atoms with Crippen molar-refractivity contribution < 1.29 is 4.74 Å². The number of unbranched alkanes of at least 4 members (excludes halogenated alkanes) is 1. The lowest BCUT2D eigenvalue weighted by molar-refractivity contribution is -0.0682. The molecule has 0 radical (unpaired) electrons. The van der Waals surface area contributed by atoms with Crippen LogP contribution in [0, 0.1) is 5.92 Å². The maximum absolute atomic E-state index is 5.72. The monoisotopic (exact) mass is 213 g/mol. The minimum atomic E-state index is 0.416. The summed E-state index contributed by atoms with van der Waals surface area (Å²) in [4.78, 5) is 2.55. The van der Waals surface area contributed by atoms with E-state index in [9.17, 15) is 0 Å². The molecule has 1 aliphatic rings. The Kier molecular flexibility index (Phi) is 5.62. The van der Waals surface area contributed by atoms with Crippen molar-refractivity contribution >= 4 is 0 Å². The van der Waals surface area contributed by atoms with Gasteiger partial charge in [0.05, 0.1) is 12.2 Å². The van der Waals surface area contributed by atoms with Gasteiger partial charge in [0, 0.05) is 13.1 Å². The predicted molar refractivity (Wildman–Crippen MR) is 65.1 cm³/mol. The fourth-order valence-corrected chi connectivity index (χ4v) is 2.35. The Morgan fingerprint density at radius 1 is 1.13 bits per heavy atom. The van der Waals surface area contributed by atoms with Gasteiger partial charge in [0.25, 0.3) is 0 Å². The molecule has 1 aliphatic heterocycles. The van der Waals surface area contributed by atoms with Crippen LogP contribution in [-0.4, -0.2) is 36.7 Å². The number of hydrogen-bond donors (Lipinski definition) is 0. The van der Waals surface area contributed by atoms with Gasteiger partial charge in [-0.05, 0) is 32.7 Å². The lowest BCUT2D eigenvalue weighted by atomic mass is 10.1. The minimum absolute atomic E-state index is 0.416. The third-order valence-electron chi connectivity index (χ3n) is 3.00. The fraction of sp³-hybridized carbons (Fsp3) is 1.00. The molecule has 0 aromatic heterocycles. The fourth-order valence-electron chi connectivity index (χ4n) is 2.35. The van der Waals surface area contributed by atoms with E-state index in [0.29, 0.717) is 12.2 Å². The van der Waals surface area contributed by atoms with Crippen LogP contribution in [-0.2, 0) is 4.74 Å². The van der Waals surface area contributed by atoms with Gasteiger partial charge in [-0.3, -0.25) is 4.90 Å². The Hall–Kier alpha value is -0.0800. The van der Waals surface area contributed by atoms with Crippen LogP contribution >= 0.6 is 0 Å². The van der Waals surface area contributed by atoms with Crippen molar-refractivity contribution in [3.05, 3.63) is 0 Å². The highest BCUT2D eigenvalue weighted by molar-refractivity contribution is 4.72. The Bertz CT molecular complexity index is 160. The first-order chi connectivity index (χ1) is 7.08. The summed E-state index contributed by atoms with van der Waals surface area (Å²) in [6, 6.07) is 0. The minimum Gasteiger partial charge on any atom is -0.373 e. The van der Waals surface area contributed by atoms with Gasteiger partial charge in [0.15, 0.2) is 0 Å². The molecule has 2 nitrogen and oxygen atoms in total. The van der Waals surface area contributed by atoms with E-state index in [2.05, 4.69) is 32.6 Å². The van der Waals surface area contributed by atoms with Crippen LogP contribution < -0.4 is 0 Å². The van der Waals surface area contributed by atoms with E-state index in [1.54, 1.807) is 0 Å². The summed E-state index contributed by atoms with van der Waals surface area (Å²) in [5, 5.41) is 0. The maximum atomic E-state index is 5.72. The molecule has 0 amide bonds. The van der Waals surface area contributed by atoms with E-state index in [-0.39, 0.29) is 0 Å². The second-order valence-corrected chi connectivity index (χ2v) is 5.41. The molecule has 0 saturated carbocycles. The molecule has 0 bridgehead atoms. The number of rotatable bonds is 5. The SMILES string of the molecule is CC(C)CCCCN1CC(C)OC(C)C1. The van der Waals surface area contributed by atoms with Gasteiger partial charge in [-0.15, -0.1) is 0 Å². The van der Waals surface area contributed by atoms with Gasteiger partial charge in [-0.2, -0.15) is 0 Å². The summed E-state index contributed by atoms with van der Waals surface area (Å²) in [7, 11) is 0. The predicted octanol–water partition coefficient (Wildman–Crippen LogP) is 2.92. The zero-order chi connectivity index (χ0) is 11.3. The van der Waals surface area contributed by atoms with Gasteiger partial charge >= 0.3 is 0 Å². The topological polar surface area (TPSA) is 12.5 Å². The van der Waals surface area contributed by atoms with E-state index in [0.717, 1.165) is 19.0 Å². The Labute approximate surface area is 95.0 Å². The van der Waals surface area contributed by atoms with Crippen molar-refractivity contribution in [3.8, 4) is 0 Å². The zero-order valence-corrected chi connectivity index (χ0v) is 10.8. The molecule has 2 unspecified atom stereocenters. The largest absolute Gasteiger partial charge is 0.373 e. The molecule has 1 rings (SSSR count). The molecule has 2 heteroatoms. The standard InChI is InChI=1S/C13H27NO/c1-11(2)7-5-6-8-14-9-12(3)15-13(4)10-14/h11-13H,5-10H2,1-4H3. The van der Waals surface area contributed by atoms with E-state index >= 15 is 0 Å². The second kappa shape index (κ2) is 6.49. The molecular formula is C13H27NO. The van der Waals surface area contributed by atoms with Gasteiger partial charge in [0.1, 0.15) is 0 Å². The molecule has 1 heterocycles. The summed E-state index contributed by atoms with van der Waals surface area (Å²) in [6.07, 6.45) is 4.92. The average Bonchev–Trinajstić information content (AvgIpc) is 2.10. The number of nitrogens with zero attached hydrogens (tertiary/aromatic N) is 1. The Morgan fingerprint density at radius 2 is 1.73 bits per heavy atom. The normalized spacial score (nSPS) is 28.6. The van der Waals surface area contributed by atoms with E-state index in [4.69, 9.17) is 4.74 Å². The van der Waals surface area contributed by atoms with Crippen LogP contribution in [0.25, 0.3) is 0 Å². The van der Waals surface area contributed by atoms with E-state index in [1.807, 2.05) is 0 Å². The van der Waals surface area contributed by atoms with Crippen LogP contribution in [0.15, 0.2) is 0 Å². The van der Waals surface area contributed by atoms with Crippen molar-refractivity contribution in [2.45, 2.75) is 59.2 Å². The molecule has 2 atom stereocenters. The number of ether oxygens (including phenoxy) is 1. The van der Waals surface area contributed by atoms with Crippen LogP contribution in [0.4, 0.5) is 0 Å². The van der Waals surface area contributed by atoms with E-state index in [1.165, 1.54) is 25.8 Å². The quantitative estimate of drug-likeness (QED) is 0.651. The summed E-state index contributed by atoms with van der Waals surface area (Å²) >= 11 is 0. The van der Waals surface area contributed by atoms with Crippen molar-refractivity contribution in [2.75, 3.05) is 19.6 Å². The van der Waals surface area contributed by atoms with Gasteiger partial charge < -0.3 is 4.74 Å². The number of morpholine rings is 1. The molecule has 0 N–H and O–H groups in total. The van der Waals surface area contributed by atoms with Crippen molar-refractivity contribution in [1.82, 2.24) is 4.90 Å². The lowest BCUT2D eigenvalue weighted by Gasteiger charge is -2.35. The first-order valence-corrected chi connectivity index (χ1v) is 6.45. The molecule has 0 spiro atoms. The van der Waals surface area contributed by atoms with Crippen molar-refractivity contribution in [1.29, 1.82) is 0 Å². The van der Waals surface area contributed by atoms with Crippen LogP contribution in [0.5, 0.6) is 0 Å². The first-order valence-electron chi connectivity index (χ1n) is 6.45. The van der Waals surface area contributed by atoms with Crippen LogP contribution in [0.1, 0.15) is 47.0 Å². The summed E-state index contributed by atoms with van der Waals surface area (Å²) < 4.78 is 5.72. The molecule has 0 aliphatic carbocycles. The Balaban J connectivity index is 2.10. The highest BCUT2D eigenvalue weighted by atomic mass is 16.5. The lowest BCUT2D eigenvalue weighted by Crippen LogP contribution is -2.45. The molecule has 15 heavy (non-hydrogen) atoms. The molecule has 0 aromatic carbocycles. The smallest absolute Gasteiger partial charge is 0.0678 e. The van der Waals surface area contributed by atoms with Crippen molar-refractivity contribution in [2.24, 2.45) is 5.92 Å². The Morgan fingerprint density at radius 3 is 2.27 bits per heavy atom. The summed E-state index contributed by atoms with van der Waals surface area (Å²) in [6.45, 7) is 12.5. The zero-order valence-electron chi connectivity index (χ0n) is 10.8. The van der Waals surface area contributed by atoms with Crippen molar-refractivity contribution in [3.63, 3.8) is 0 Å². The molecule has 0 aromatic rings. The highest BCUT2D eigenvalue weighted by Crippen LogP contribution is 2.12. The van der Waals surface area contributed by atoms with Gasteiger partial charge in [-0.25, -0.2) is 0 Å². The average molecular weight is 213 g/mol. The van der Waals surface area contributed by atoms with E-state index < -0.39 is 0 Å². The summed E-state index contributed by atoms with van der Waals surface area (Å²) in [5.74, 6) is 0.854. The van der Waals surface area contributed by atoms with Crippen LogP contribution in [0.2, 0.25) is 0 Å². The summed E-state index contributed by atoms with van der Waals surface area (Å²) in [5.41, 5.74) is 0. The molecule has 90 valence electrons. The highest BCUT2D eigenvalue weighted by Gasteiger charge is 2.21. The molecule has 1 fully saturated rings. The third kappa shape index (κ3) is 5.53. The van der Waals surface area contributed by atoms with Gasteiger partial charge in [0.2, 0.25) is 0 Å². The molecular weight excluding hydrogens is 186 g/mol. The maximum Gasteiger partial charge on any atom is 0.0678 e. The number of hydrogen-bond acceptors (Lipinski definition) is 2. The van der Waals surface area contributed by atoms with Gasteiger partial charge in [-0.1, -0.05) is 26.7 Å². The third-order valence-corrected chi connectivity index (χ3v) is 3.00. The van der Waals surface area contributed by atoms with Crippen LogP contribution in [0.3, 0.4) is 0 Å².